The summed E-state index contributed by atoms with van der Waals surface area (Å²) in [6.07, 6.45) is 0.993. The van der Waals surface area contributed by atoms with Crippen molar-refractivity contribution in [2.75, 3.05) is 5.08 Å². The van der Waals surface area contributed by atoms with E-state index in [9.17, 15) is 0 Å². The summed E-state index contributed by atoms with van der Waals surface area (Å²) >= 11 is 7.97. The Kier molecular flexibility index (Phi) is 5.61. The molecule has 1 aliphatic heterocycles. The Balaban J connectivity index is 2.64. The molecule has 2 nitrogen and oxygen atoms in total. The van der Waals surface area contributed by atoms with E-state index in [-0.39, 0.29) is 5.54 Å². The van der Waals surface area contributed by atoms with Crippen LogP contribution in [0.5, 0.6) is 0 Å². The highest BCUT2D eigenvalue weighted by molar-refractivity contribution is 9.11. The van der Waals surface area contributed by atoms with Crippen LogP contribution in [0, 0.1) is 10.7 Å². The Morgan fingerprint density at radius 1 is 1.73 bits per heavy atom. The van der Waals surface area contributed by atoms with E-state index in [1.165, 1.54) is 16.7 Å². The minimum Gasteiger partial charge on any atom is -0.260 e. The summed E-state index contributed by atoms with van der Waals surface area (Å²) < 4.78 is 1.06. The van der Waals surface area contributed by atoms with E-state index in [0.717, 1.165) is 15.9 Å². The molecule has 0 saturated carbocycles. The van der Waals surface area contributed by atoms with Crippen molar-refractivity contribution in [1.82, 2.24) is 0 Å². The third-order valence-electron chi connectivity index (χ3n) is 2.16. The molecule has 1 atom stereocenters. The number of halogens is 1. The van der Waals surface area contributed by atoms with Crippen molar-refractivity contribution in [1.29, 1.82) is 5.26 Å². The molecule has 0 aromatic rings. The summed E-state index contributed by atoms with van der Waals surface area (Å²) in [6.45, 7) is 4.27. The van der Waals surface area contributed by atoms with Gasteiger partial charge in [-0.25, -0.2) is 0 Å². The predicted octanol–water partition coefficient (Wildman–Crippen LogP) is 4.40. The highest BCUT2D eigenvalue weighted by atomic mass is 79.9. The topological polar surface area (TPSA) is 36.1 Å². The molecule has 0 fully saturated rings. The van der Waals surface area contributed by atoms with Crippen LogP contribution in [0.15, 0.2) is 14.9 Å². The summed E-state index contributed by atoms with van der Waals surface area (Å²) in [5.74, 6) is 0. The van der Waals surface area contributed by atoms with Crippen molar-refractivity contribution in [3.63, 3.8) is 0 Å². The second-order valence-electron chi connectivity index (χ2n) is 3.08. The summed E-state index contributed by atoms with van der Waals surface area (Å²) in [7, 11) is 0. The first-order chi connectivity index (χ1) is 7.16. The SMILES string of the molecule is CCC1(C)N=C(SCSC#N)S/C1=C\Br. The van der Waals surface area contributed by atoms with Gasteiger partial charge in [0.2, 0.25) is 0 Å². The van der Waals surface area contributed by atoms with Crippen LogP contribution < -0.4 is 0 Å². The van der Waals surface area contributed by atoms with E-state index in [1.807, 2.05) is 4.99 Å². The van der Waals surface area contributed by atoms with Gasteiger partial charge in [0.05, 0.1) is 10.6 Å². The molecule has 0 aromatic carbocycles. The predicted molar refractivity (Wildman–Crippen MR) is 76.4 cm³/mol. The molecule has 0 aromatic heterocycles. The smallest absolute Gasteiger partial charge is 0.134 e. The lowest BCUT2D eigenvalue weighted by Crippen LogP contribution is -2.18. The van der Waals surface area contributed by atoms with Crippen molar-refractivity contribution in [3.8, 4) is 5.40 Å². The summed E-state index contributed by atoms with van der Waals surface area (Å²) in [5.41, 5.74) is -0.0756. The number of nitrogens with zero attached hydrogens (tertiary/aromatic N) is 2. The summed E-state index contributed by atoms with van der Waals surface area (Å²) in [4.78, 5) is 7.88. The Bertz CT molecular complexity index is 335. The van der Waals surface area contributed by atoms with Gasteiger partial charge < -0.3 is 0 Å². The van der Waals surface area contributed by atoms with Gasteiger partial charge in [-0.15, -0.1) is 0 Å². The Labute approximate surface area is 111 Å². The lowest BCUT2D eigenvalue weighted by molar-refractivity contribution is 0.567. The number of thiocyanates is 1. The van der Waals surface area contributed by atoms with Crippen LogP contribution in [0.2, 0.25) is 0 Å². The third kappa shape index (κ3) is 3.45. The Hall–Kier alpha value is 0.430. The number of nitriles is 1. The zero-order chi connectivity index (χ0) is 11.3. The minimum absolute atomic E-state index is 0.0756. The van der Waals surface area contributed by atoms with Gasteiger partial charge in [-0.1, -0.05) is 46.4 Å². The fourth-order valence-corrected chi connectivity index (χ4v) is 4.76. The molecule has 1 unspecified atom stereocenters. The first kappa shape index (κ1) is 13.5. The van der Waals surface area contributed by atoms with Gasteiger partial charge in [-0.2, -0.15) is 5.26 Å². The average molecular weight is 323 g/mol. The van der Waals surface area contributed by atoms with Crippen molar-refractivity contribution in [2.45, 2.75) is 25.8 Å². The molecule has 82 valence electrons. The van der Waals surface area contributed by atoms with Gasteiger partial charge in [0, 0.05) is 4.91 Å². The standard InChI is InChI=1S/C9H11BrN2S3/c1-3-9(2)7(4-10)15-8(12-9)14-6-13-5-11/h4H,3,6H2,1-2H3/b7-4-. The van der Waals surface area contributed by atoms with Crippen molar-refractivity contribution < 1.29 is 0 Å². The van der Waals surface area contributed by atoms with E-state index in [1.54, 1.807) is 23.5 Å². The molecule has 1 heterocycles. The second kappa shape index (κ2) is 6.24. The van der Waals surface area contributed by atoms with Crippen molar-refractivity contribution >= 4 is 55.6 Å². The van der Waals surface area contributed by atoms with Gasteiger partial charge in [0.15, 0.2) is 0 Å². The van der Waals surface area contributed by atoms with Gasteiger partial charge in [0.1, 0.15) is 9.78 Å². The van der Waals surface area contributed by atoms with Gasteiger partial charge in [-0.05, 0) is 30.1 Å². The van der Waals surface area contributed by atoms with Crippen LogP contribution in [0.4, 0.5) is 0 Å². The molecule has 0 amide bonds. The van der Waals surface area contributed by atoms with Crippen LogP contribution in [0.25, 0.3) is 0 Å². The fraction of sp³-hybridized carbons (Fsp3) is 0.556. The first-order valence-corrected chi connectivity index (χ1v) is 8.09. The molecule has 0 saturated heterocycles. The van der Waals surface area contributed by atoms with E-state index in [0.29, 0.717) is 0 Å². The van der Waals surface area contributed by atoms with Crippen LogP contribution in [-0.4, -0.2) is 15.0 Å². The number of rotatable bonds is 3. The molecule has 1 aliphatic rings. The maximum Gasteiger partial charge on any atom is 0.134 e. The minimum atomic E-state index is -0.0756. The number of hydrogen-bond donors (Lipinski definition) is 0. The molecule has 1 rings (SSSR count). The average Bonchev–Trinajstić information content (AvgIpc) is 2.56. The molecule has 15 heavy (non-hydrogen) atoms. The lowest BCUT2D eigenvalue weighted by atomic mass is 10.0. The van der Waals surface area contributed by atoms with Gasteiger partial charge in [0.25, 0.3) is 0 Å². The van der Waals surface area contributed by atoms with Gasteiger partial charge >= 0.3 is 0 Å². The zero-order valence-corrected chi connectivity index (χ0v) is 12.5. The fourth-order valence-electron chi connectivity index (χ4n) is 1.04. The molecule has 6 heteroatoms. The largest absolute Gasteiger partial charge is 0.260 e. The zero-order valence-electron chi connectivity index (χ0n) is 8.49. The second-order valence-corrected chi connectivity index (χ2v) is 6.91. The molecular formula is C9H11BrN2S3. The normalized spacial score (nSPS) is 27.9. The van der Waals surface area contributed by atoms with Crippen LogP contribution >= 0.6 is 51.2 Å². The Morgan fingerprint density at radius 2 is 2.47 bits per heavy atom. The van der Waals surface area contributed by atoms with Crippen LogP contribution in [-0.2, 0) is 0 Å². The third-order valence-corrected chi connectivity index (χ3v) is 5.98. The van der Waals surface area contributed by atoms with E-state index < -0.39 is 0 Å². The van der Waals surface area contributed by atoms with Crippen molar-refractivity contribution in [3.05, 3.63) is 9.89 Å². The summed E-state index contributed by atoms with van der Waals surface area (Å²) in [6, 6.07) is 0. The highest BCUT2D eigenvalue weighted by Crippen LogP contribution is 2.45. The molecule has 0 aliphatic carbocycles. The quantitative estimate of drug-likeness (QED) is 0.438. The number of aliphatic imine (C=N–C) groups is 1. The lowest BCUT2D eigenvalue weighted by Gasteiger charge is -2.18. The number of hydrogen-bond acceptors (Lipinski definition) is 5. The van der Waals surface area contributed by atoms with E-state index >= 15 is 0 Å². The Morgan fingerprint density at radius 3 is 2.93 bits per heavy atom. The maximum absolute atomic E-state index is 8.42. The highest BCUT2D eigenvalue weighted by Gasteiger charge is 2.34. The molecule has 0 spiro atoms. The first-order valence-electron chi connectivity index (χ1n) is 4.38. The number of thioether (sulfide) groups is 3. The van der Waals surface area contributed by atoms with Crippen molar-refractivity contribution in [2.24, 2.45) is 4.99 Å². The molecule has 0 N–H and O–H groups in total. The molecule has 0 bridgehead atoms. The van der Waals surface area contributed by atoms with E-state index in [4.69, 9.17) is 5.26 Å². The van der Waals surface area contributed by atoms with E-state index in [2.05, 4.69) is 40.2 Å². The maximum atomic E-state index is 8.42. The summed E-state index contributed by atoms with van der Waals surface area (Å²) in [5, 5.41) is 11.2. The monoisotopic (exact) mass is 322 g/mol. The van der Waals surface area contributed by atoms with Gasteiger partial charge in [-0.3, -0.25) is 4.99 Å². The molecule has 0 radical (unpaired) electrons. The van der Waals surface area contributed by atoms with Crippen LogP contribution in [0.1, 0.15) is 20.3 Å². The molecular weight excluding hydrogens is 312 g/mol. The van der Waals surface area contributed by atoms with Crippen LogP contribution in [0.3, 0.4) is 0 Å².